The van der Waals surface area contributed by atoms with Gasteiger partial charge in [-0.05, 0) is 11.0 Å². The predicted octanol–water partition coefficient (Wildman–Crippen LogP) is 4.80. The van der Waals surface area contributed by atoms with E-state index in [0.717, 1.165) is 0 Å². The van der Waals surface area contributed by atoms with Gasteiger partial charge in [-0.1, -0.05) is 0 Å². The normalized spacial score (nSPS) is 10.3. The molecule has 0 unspecified atom stereocenters. The van der Waals surface area contributed by atoms with Gasteiger partial charge in [-0.2, -0.15) is 0 Å². The van der Waals surface area contributed by atoms with E-state index in [9.17, 15) is 0 Å². The van der Waals surface area contributed by atoms with E-state index in [-0.39, 0.29) is 32.1 Å². The molecule has 0 aromatic carbocycles. The monoisotopic (exact) mass is 378 g/mol. The van der Waals surface area contributed by atoms with Crippen LogP contribution < -0.4 is 0 Å². The number of unbranched alkanes of at least 4 members (excludes halogenated alkanes) is 10. The van der Waals surface area contributed by atoms with Gasteiger partial charge in [-0.3, -0.25) is 0 Å². The minimum atomic E-state index is 0. The van der Waals surface area contributed by atoms with Crippen LogP contribution in [-0.2, 0) is 0 Å². The molecule has 0 aliphatic heterocycles. The average Bonchev–Trinajstić information content (AvgIpc) is 2.35. The largest absolute Gasteiger partial charge is 0.0149 e. The molecule has 0 bridgehead atoms. The van der Waals surface area contributed by atoms with Crippen molar-refractivity contribution in [1.82, 2.24) is 0 Å². The summed E-state index contributed by atoms with van der Waals surface area (Å²) in [5.41, 5.74) is 0. The van der Waals surface area contributed by atoms with Crippen LogP contribution in [0, 0.1) is 0 Å². The quantitative estimate of drug-likeness (QED) is 0.301. The Hall–Kier alpha value is 1.02. The molecule has 0 rings (SSSR count). The second kappa shape index (κ2) is 20.3. The molecule has 0 aromatic heterocycles. The van der Waals surface area contributed by atoms with Crippen LogP contribution in [0.5, 0.6) is 0 Å². The molecule has 0 aliphatic rings. The van der Waals surface area contributed by atoms with Crippen molar-refractivity contribution in [3.05, 3.63) is 0 Å². The SMILES string of the molecule is CCCCCCC[CH2][Sn][CH2]CCCCCCC.[SiH4]. The first-order valence-corrected chi connectivity index (χ1v) is 12.2. The smallest absolute Gasteiger partial charge is 0.0149 e. The summed E-state index contributed by atoms with van der Waals surface area (Å²) in [5.74, 6) is 0. The van der Waals surface area contributed by atoms with Crippen LogP contribution in [0.15, 0.2) is 0 Å². The third-order valence-corrected chi connectivity index (χ3v) is 7.45. The van der Waals surface area contributed by atoms with Gasteiger partial charge in [0.1, 0.15) is 0 Å². The Balaban J connectivity index is 0. The van der Waals surface area contributed by atoms with Gasteiger partial charge in [0.15, 0.2) is 0 Å². The molecule has 0 aromatic rings. The van der Waals surface area contributed by atoms with Gasteiger partial charge < -0.3 is 0 Å². The summed E-state index contributed by atoms with van der Waals surface area (Å²) in [6, 6.07) is 0. The minimum absolute atomic E-state index is 0. The molecule has 0 amide bonds. The van der Waals surface area contributed by atoms with Crippen molar-refractivity contribution < 1.29 is 0 Å². The third kappa shape index (κ3) is 19.4. The Labute approximate surface area is 131 Å². The second-order valence-electron chi connectivity index (χ2n) is 5.29. The van der Waals surface area contributed by atoms with Gasteiger partial charge in [0.2, 0.25) is 0 Å². The average molecular weight is 377 g/mol. The van der Waals surface area contributed by atoms with Gasteiger partial charge in [-0.25, -0.2) is 0 Å². The maximum atomic E-state index is 2.30. The van der Waals surface area contributed by atoms with Gasteiger partial charge in [-0.15, -0.1) is 0 Å². The molecule has 0 saturated heterocycles. The molecule has 0 spiro atoms. The molecular formula is C16H38SiSn. The molecule has 2 heteroatoms. The Morgan fingerprint density at radius 1 is 0.500 bits per heavy atom. The van der Waals surface area contributed by atoms with Gasteiger partial charge in [0.05, 0.1) is 0 Å². The van der Waals surface area contributed by atoms with E-state index in [1.807, 2.05) is 0 Å². The molecule has 18 heavy (non-hydrogen) atoms. The topological polar surface area (TPSA) is 0 Å². The van der Waals surface area contributed by atoms with E-state index in [0.29, 0.717) is 0 Å². The molecule has 0 atom stereocenters. The molecule has 0 fully saturated rings. The zero-order valence-electron chi connectivity index (χ0n) is 12.4. The van der Waals surface area contributed by atoms with E-state index in [1.54, 1.807) is 21.7 Å². The van der Waals surface area contributed by atoms with Crippen molar-refractivity contribution in [2.75, 3.05) is 0 Å². The molecule has 0 N–H and O–H groups in total. The number of rotatable bonds is 14. The maximum Gasteiger partial charge on any atom is -0.0149 e. The van der Waals surface area contributed by atoms with Crippen molar-refractivity contribution in [3.63, 3.8) is 0 Å². The molecule has 0 heterocycles. The zero-order chi connectivity index (χ0) is 12.6. The molecule has 0 saturated carbocycles. The van der Waals surface area contributed by atoms with Gasteiger partial charge in [0.25, 0.3) is 0 Å². The first-order valence-electron chi connectivity index (χ1n) is 8.12. The van der Waals surface area contributed by atoms with Crippen molar-refractivity contribution >= 4 is 32.1 Å². The van der Waals surface area contributed by atoms with E-state index < -0.39 is 0 Å². The molecule has 0 aliphatic carbocycles. The van der Waals surface area contributed by atoms with E-state index in [2.05, 4.69) is 13.8 Å². The Bertz CT molecular complexity index is 114. The fourth-order valence-electron chi connectivity index (χ4n) is 2.19. The van der Waals surface area contributed by atoms with Crippen LogP contribution in [-0.4, -0.2) is 32.1 Å². The van der Waals surface area contributed by atoms with Crippen LogP contribution >= 0.6 is 0 Å². The third-order valence-electron chi connectivity index (χ3n) is 3.41. The Morgan fingerprint density at radius 2 is 0.833 bits per heavy atom. The summed E-state index contributed by atoms with van der Waals surface area (Å²) in [6.45, 7) is 4.60. The van der Waals surface area contributed by atoms with Gasteiger partial charge in [0, 0.05) is 0 Å². The first-order chi connectivity index (χ1) is 8.41. The Morgan fingerprint density at radius 3 is 1.22 bits per heavy atom. The van der Waals surface area contributed by atoms with Crippen LogP contribution in [0.25, 0.3) is 0 Å². The number of hydrogen-bond donors (Lipinski definition) is 0. The maximum absolute atomic E-state index is 2.30. The summed E-state index contributed by atoms with van der Waals surface area (Å²) >= 11 is 0.0736. The van der Waals surface area contributed by atoms with Crippen LogP contribution in [0.1, 0.15) is 90.9 Å². The summed E-state index contributed by atoms with van der Waals surface area (Å²) in [4.78, 5) is 0. The van der Waals surface area contributed by atoms with Gasteiger partial charge >= 0.3 is 121 Å². The zero-order valence-corrected chi connectivity index (χ0v) is 15.3. The molecule has 2 radical (unpaired) electrons. The first kappa shape index (κ1) is 21.3. The fourth-order valence-corrected chi connectivity index (χ4v) is 5.75. The summed E-state index contributed by atoms with van der Waals surface area (Å²) in [7, 11) is 0. The van der Waals surface area contributed by atoms with Crippen molar-refractivity contribution in [2.45, 2.75) is 99.8 Å². The number of hydrogen-bond acceptors (Lipinski definition) is 0. The Kier molecular flexibility index (Phi) is 24.1. The van der Waals surface area contributed by atoms with Crippen molar-refractivity contribution in [3.8, 4) is 0 Å². The molecular weight excluding hydrogens is 339 g/mol. The second-order valence-corrected chi connectivity index (χ2v) is 9.57. The van der Waals surface area contributed by atoms with Crippen molar-refractivity contribution in [2.24, 2.45) is 0 Å². The van der Waals surface area contributed by atoms with Crippen LogP contribution in [0.3, 0.4) is 0 Å². The minimum Gasteiger partial charge on any atom is -0.0149 e. The van der Waals surface area contributed by atoms with E-state index in [4.69, 9.17) is 0 Å². The fraction of sp³-hybridized carbons (Fsp3) is 1.00. The van der Waals surface area contributed by atoms with E-state index >= 15 is 0 Å². The van der Waals surface area contributed by atoms with Crippen LogP contribution in [0.2, 0.25) is 8.87 Å². The summed E-state index contributed by atoms with van der Waals surface area (Å²) < 4.78 is 3.31. The molecule has 0 nitrogen and oxygen atoms in total. The van der Waals surface area contributed by atoms with Crippen LogP contribution in [0.4, 0.5) is 0 Å². The van der Waals surface area contributed by atoms with E-state index in [1.165, 1.54) is 64.2 Å². The predicted molar refractivity (Wildman–Crippen MR) is 93.5 cm³/mol. The summed E-state index contributed by atoms with van der Waals surface area (Å²) in [6.07, 6.45) is 17.8. The van der Waals surface area contributed by atoms with Crippen molar-refractivity contribution in [1.29, 1.82) is 0 Å². The molecule has 110 valence electrons. The standard InChI is InChI=1S/2C8H17.H4Si.Sn/c2*1-3-5-7-8-6-4-2;;/h2*1,3-8H2,2H3;1H4;. The summed E-state index contributed by atoms with van der Waals surface area (Å²) in [5, 5.41) is 0.